The first kappa shape index (κ1) is 13.8. The van der Waals surface area contributed by atoms with Crippen molar-refractivity contribution in [2.45, 2.75) is 30.5 Å². The molecule has 2 aromatic rings. The minimum Gasteiger partial charge on any atom is -0.337 e. The molecule has 0 spiro atoms. The number of hydrogen-bond acceptors (Lipinski definition) is 4. The van der Waals surface area contributed by atoms with Crippen LogP contribution in [0.1, 0.15) is 17.7 Å². The third-order valence-corrected chi connectivity index (χ3v) is 6.55. The molecule has 5 nitrogen and oxygen atoms in total. The average molecular weight is 311 g/mol. The number of nitrogens with one attached hydrogen (secondary N) is 1. The van der Waals surface area contributed by atoms with Crippen molar-refractivity contribution in [1.29, 1.82) is 0 Å². The number of thiophene rings is 1. The maximum atomic E-state index is 12.2. The van der Waals surface area contributed by atoms with Gasteiger partial charge in [0.1, 0.15) is 4.21 Å². The van der Waals surface area contributed by atoms with Gasteiger partial charge >= 0.3 is 0 Å². The lowest BCUT2D eigenvalue weighted by atomic mass is 10.1. The number of rotatable bonds is 6. The maximum Gasteiger partial charge on any atom is 0.250 e. The SMILES string of the molecule is Cc1ccc(S(=O)(=O)NCC2(Cn3ccnc3)CC2)s1. The second kappa shape index (κ2) is 4.98. The predicted molar refractivity (Wildman–Crippen MR) is 78.1 cm³/mol. The molecule has 20 heavy (non-hydrogen) atoms. The van der Waals surface area contributed by atoms with E-state index in [-0.39, 0.29) is 5.41 Å². The molecule has 2 aromatic heterocycles. The number of aromatic nitrogens is 2. The Balaban J connectivity index is 1.64. The fourth-order valence-electron chi connectivity index (χ4n) is 2.21. The lowest BCUT2D eigenvalue weighted by molar-refractivity contribution is 0.416. The first-order valence-corrected chi connectivity index (χ1v) is 8.81. The highest BCUT2D eigenvalue weighted by Crippen LogP contribution is 2.46. The summed E-state index contributed by atoms with van der Waals surface area (Å²) in [6.07, 6.45) is 7.54. The molecule has 0 aliphatic heterocycles. The van der Waals surface area contributed by atoms with Crippen LogP contribution in [0.3, 0.4) is 0 Å². The second-order valence-corrected chi connectivity index (χ2v) is 8.71. The number of sulfonamides is 1. The molecule has 3 rings (SSSR count). The molecule has 0 radical (unpaired) electrons. The van der Waals surface area contributed by atoms with Gasteiger partial charge in [-0.05, 0) is 31.9 Å². The molecule has 0 bridgehead atoms. The van der Waals surface area contributed by atoms with Gasteiger partial charge in [-0.25, -0.2) is 18.1 Å². The van der Waals surface area contributed by atoms with Gasteiger partial charge in [-0.15, -0.1) is 11.3 Å². The Bertz CT molecular complexity index is 685. The second-order valence-electron chi connectivity index (χ2n) is 5.42. The van der Waals surface area contributed by atoms with Crippen molar-refractivity contribution in [3.63, 3.8) is 0 Å². The van der Waals surface area contributed by atoms with Crippen LogP contribution in [0.5, 0.6) is 0 Å². The average Bonchev–Trinajstić information content (AvgIpc) is 2.78. The summed E-state index contributed by atoms with van der Waals surface area (Å²) in [5.41, 5.74) is 0.0556. The zero-order chi connectivity index (χ0) is 14.2. The largest absolute Gasteiger partial charge is 0.337 e. The molecule has 0 aromatic carbocycles. The molecule has 1 aliphatic carbocycles. The molecule has 1 fully saturated rings. The minimum atomic E-state index is -3.37. The third-order valence-electron chi connectivity index (χ3n) is 3.65. The first-order valence-electron chi connectivity index (χ1n) is 6.51. The Morgan fingerprint density at radius 1 is 1.45 bits per heavy atom. The Morgan fingerprint density at radius 2 is 2.25 bits per heavy atom. The van der Waals surface area contributed by atoms with E-state index < -0.39 is 10.0 Å². The molecule has 2 heterocycles. The van der Waals surface area contributed by atoms with E-state index in [2.05, 4.69) is 9.71 Å². The smallest absolute Gasteiger partial charge is 0.250 e. The van der Waals surface area contributed by atoms with Crippen LogP contribution in [-0.4, -0.2) is 24.5 Å². The van der Waals surface area contributed by atoms with Crippen LogP contribution in [0.4, 0.5) is 0 Å². The van der Waals surface area contributed by atoms with Crippen LogP contribution < -0.4 is 4.72 Å². The van der Waals surface area contributed by atoms with Crippen molar-refractivity contribution < 1.29 is 8.42 Å². The van der Waals surface area contributed by atoms with E-state index in [4.69, 9.17) is 0 Å². The monoisotopic (exact) mass is 311 g/mol. The molecular formula is C13H17N3O2S2. The number of nitrogens with zero attached hydrogens (tertiary/aromatic N) is 2. The molecular weight excluding hydrogens is 294 g/mol. The molecule has 1 aliphatic rings. The maximum absolute atomic E-state index is 12.2. The van der Waals surface area contributed by atoms with E-state index in [1.165, 1.54) is 11.3 Å². The van der Waals surface area contributed by atoms with Crippen molar-refractivity contribution >= 4 is 21.4 Å². The number of aryl methyl sites for hydroxylation is 1. The van der Waals surface area contributed by atoms with Crippen molar-refractivity contribution in [2.24, 2.45) is 5.41 Å². The summed E-state index contributed by atoms with van der Waals surface area (Å²) < 4.78 is 29.6. The first-order chi connectivity index (χ1) is 9.49. The van der Waals surface area contributed by atoms with Gasteiger partial charge in [0.05, 0.1) is 6.33 Å². The van der Waals surface area contributed by atoms with E-state index in [0.29, 0.717) is 10.8 Å². The van der Waals surface area contributed by atoms with Crippen molar-refractivity contribution in [3.05, 3.63) is 35.7 Å². The van der Waals surface area contributed by atoms with Gasteiger partial charge in [-0.1, -0.05) is 0 Å². The van der Waals surface area contributed by atoms with Crippen LogP contribution in [0.25, 0.3) is 0 Å². The fourth-order valence-corrected chi connectivity index (χ4v) is 4.70. The normalized spacial score (nSPS) is 17.2. The van der Waals surface area contributed by atoms with Crippen LogP contribution >= 0.6 is 11.3 Å². The van der Waals surface area contributed by atoms with Gasteiger partial charge in [0, 0.05) is 35.8 Å². The lowest BCUT2D eigenvalue weighted by Crippen LogP contribution is -2.31. The Kier molecular flexibility index (Phi) is 3.43. The van der Waals surface area contributed by atoms with Crippen LogP contribution in [0, 0.1) is 12.3 Å². The minimum absolute atomic E-state index is 0.0556. The zero-order valence-corrected chi connectivity index (χ0v) is 12.9. The number of hydrogen-bond donors (Lipinski definition) is 1. The summed E-state index contributed by atoms with van der Waals surface area (Å²) in [4.78, 5) is 5.02. The summed E-state index contributed by atoms with van der Waals surface area (Å²) in [7, 11) is -3.37. The molecule has 1 N–H and O–H groups in total. The Hall–Kier alpha value is -1.18. The summed E-state index contributed by atoms with van der Waals surface area (Å²) in [6.45, 7) is 3.22. The van der Waals surface area contributed by atoms with E-state index in [0.717, 1.165) is 24.3 Å². The van der Waals surface area contributed by atoms with Crippen LogP contribution in [0.2, 0.25) is 0 Å². The van der Waals surface area contributed by atoms with Gasteiger partial charge in [0.2, 0.25) is 10.0 Å². The third kappa shape index (κ3) is 2.94. The standard InChI is InChI=1S/C13H17N3O2S2/c1-11-2-3-12(19-11)20(17,18)15-8-13(4-5-13)9-16-7-6-14-10-16/h2-3,6-7,10,15H,4-5,8-9H2,1H3. The highest BCUT2D eigenvalue weighted by Gasteiger charge is 2.43. The van der Waals surface area contributed by atoms with Gasteiger partial charge in [0.15, 0.2) is 0 Å². The molecule has 7 heteroatoms. The molecule has 1 saturated carbocycles. The number of imidazole rings is 1. The molecule has 108 valence electrons. The summed E-state index contributed by atoms with van der Waals surface area (Å²) in [5, 5.41) is 0. The van der Waals surface area contributed by atoms with Gasteiger partial charge < -0.3 is 4.57 Å². The van der Waals surface area contributed by atoms with Crippen molar-refractivity contribution in [2.75, 3.05) is 6.54 Å². The Morgan fingerprint density at radius 3 is 2.80 bits per heavy atom. The van der Waals surface area contributed by atoms with Gasteiger partial charge in [-0.2, -0.15) is 0 Å². The van der Waals surface area contributed by atoms with E-state index in [9.17, 15) is 8.42 Å². The van der Waals surface area contributed by atoms with E-state index >= 15 is 0 Å². The molecule has 0 unspecified atom stereocenters. The van der Waals surface area contributed by atoms with E-state index in [1.54, 1.807) is 18.6 Å². The molecule has 0 atom stereocenters. The summed E-state index contributed by atoms with van der Waals surface area (Å²) in [6, 6.07) is 3.50. The topological polar surface area (TPSA) is 64.0 Å². The Labute approximate surface area is 122 Å². The van der Waals surface area contributed by atoms with Gasteiger partial charge in [0.25, 0.3) is 0 Å². The fraction of sp³-hybridized carbons (Fsp3) is 0.462. The molecule has 0 amide bonds. The van der Waals surface area contributed by atoms with Crippen molar-refractivity contribution in [3.8, 4) is 0 Å². The predicted octanol–water partition coefficient (Wildman–Crippen LogP) is 2.01. The van der Waals surface area contributed by atoms with Crippen molar-refractivity contribution in [1.82, 2.24) is 14.3 Å². The summed E-state index contributed by atoms with van der Waals surface area (Å²) >= 11 is 1.31. The highest BCUT2D eigenvalue weighted by atomic mass is 32.2. The van der Waals surface area contributed by atoms with Crippen LogP contribution in [-0.2, 0) is 16.6 Å². The lowest BCUT2D eigenvalue weighted by Gasteiger charge is -2.16. The quantitative estimate of drug-likeness (QED) is 0.887. The summed E-state index contributed by atoms with van der Waals surface area (Å²) in [5.74, 6) is 0. The van der Waals surface area contributed by atoms with Gasteiger partial charge in [-0.3, -0.25) is 0 Å². The van der Waals surface area contributed by atoms with E-state index in [1.807, 2.05) is 23.8 Å². The highest BCUT2D eigenvalue weighted by molar-refractivity contribution is 7.91. The zero-order valence-electron chi connectivity index (χ0n) is 11.2. The molecule has 0 saturated heterocycles. The van der Waals surface area contributed by atoms with Crippen LogP contribution in [0.15, 0.2) is 35.1 Å².